The van der Waals surface area contributed by atoms with Crippen LogP contribution >= 0.6 is 0 Å². The van der Waals surface area contributed by atoms with Gasteiger partial charge in [-0.2, -0.15) is 0 Å². The molecule has 0 amide bonds. The van der Waals surface area contributed by atoms with Crippen molar-refractivity contribution in [2.24, 2.45) is 0 Å². The standard InChI is InChI=1S/C31H28O7/c1-16-22(37-3)14-20(32)25(28(16)34)24(19-12-8-5-9-13-19)27-29(35)17(2)31-26(30(27)36)21(33)15-23(38-31)18-10-6-4-7-11-18/h4-14,23-24,32,34-36H,15H2,1-3H3/t23-,24-/m0/s1. The SMILES string of the molecule is COc1cc(O)c([C@H](c2ccccc2)c2c(O)c(C)c3c(c2O)C(=O)C[C@@H](c2ccccc2)O3)c(O)c1C. The Hall–Kier alpha value is -4.65. The molecule has 0 saturated heterocycles. The number of fused-ring (bicyclic) bond motifs is 1. The van der Waals surface area contributed by atoms with Crippen molar-refractivity contribution in [3.8, 4) is 34.5 Å². The second-order valence-electron chi connectivity index (χ2n) is 9.41. The Morgan fingerprint density at radius 2 is 1.45 bits per heavy atom. The van der Waals surface area contributed by atoms with Crippen molar-refractivity contribution in [2.75, 3.05) is 7.11 Å². The zero-order chi connectivity index (χ0) is 27.1. The second kappa shape index (κ2) is 9.67. The summed E-state index contributed by atoms with van der Waals surface area (Å²) in [6.45, 7) is 3.25. The molecule has 7 heteroatoms. The predicted octanol–water partition coefficient (Wildman–Crippen LogP) is 6.02. The fourth-order valence-electron chi connectivity index (χ4n) is 5.21. The highest BCUT2D eigenvalue weighted by molar-refractivity contribution is 6.04. The highest BCUT2D eigenvalue weighted by Gasteiger charge is 2.38. The van der Waals surface area contributed by atoms with Gasteiger partial charge in [0, 0.05) is 34.2 Å². The van der Waals surface area contributed by atoms with Gasteiger partial charge in [0.15, 0.2) is 5.78 Å². The molecule has 1 aliphatic heterocycles. The molecule has 0 radical (unpaired) electrons. The van der Waals surface area contributed by atoms with E-state index in [1.54, 1.807) is 44.2 Å². The Bertz CT molecular complexity index is 1530. The van der Waals surface area contributed by atoms with Crippen molar-refractivity contribution in [2.45, 2.75) is 32.3 Å². The average Bonchev–Trinajstić information content (AvgIpc) is 2.93. The maximum Gasteiger partial charge on any atom is 0.174 e. The van der Waals surface area contributed by atoms with Gasteiger partial charge in [-0.25, -0.2) is 0 Å². The number of ether oxygens (including phenoxy) is 2. The van der Waals surface area contributed by atoms with Crippen LogP contribution in [0.3, 0.4) is 0 Å². The summed E-state index contributed by atoms with van der Waals surface area (Å²) in [7, 11) is 1.42. The van der Waals surface area contributed by atoms with Gasteiger partial charge in [-0.3, -0.25) is 4.79 Å². The summed E-state index contributed by atoms with van der Waals surface area (Å²) in [6.07, 6.45) is -0.565. The third kappa shape index (κ3) is 3.96. The van der Waals surface area contributed by atoms with Crippen LogP contribution in [0.2, 0.25) is 0 Å². The number of carbonyl (C=O) groups excluding carboxylic acids is 1. The van der Waals surface area contributed by atoms with Crippen molar-refractivity contribution in [1.82, 2.24) is 0 Å². The summed E-state index contributed by atoms with van der Waals surface area (Å²) in [6, 6.07) is 19.5. The van der Waals surface area contributed by atoms with E-state index >= 15 is 0 Å². The van der Waals surface area contributed by atoms with Gasteiger partial charge in [0.05, 0.1) is 13.5 Å². The number of phenolic OH excluding ortho intramolecular Hbond substituents is 4. The summed E-state index contributed by atoms with van der Waals surface area (Å²) in [5.41, 5.74) is 2.03. The van der Waals surface area contributed by atoms with Gasteiger partial charge in [-0.05, 0) is 25.0 Å². The number of aromatic hydroxyl groups is 4. The molecule has 7 nitrogen and oxygen atoms in total. The molecule has 0 aliphatic carbocycles. The number of carbonyl (C=O) groups is 1. The lowest BCUT2D eigenvalue weighted by Gasteiger charge is -2.31. The number of hydrogen-bond donors (Lipinski definition) is 4. The van der Waals surface area contributed by atoms with Crippen LogP contribution < -0.4 is 9.47 Å². The van der Waals surface area contributed by atoms with Gasteiger partial charge in [0.2, 0.25) is 0 Å². The van der Waals surface area contributed by atoms with E-state index < -0.39 is 17.8 Å². The second-order valence-corrected chi connectivity index (χ2v) is 9.41. The predicted molar refractivity (Wildman–Crippen MR) is 142 cm³/mol. The highest BCUT2D eigenvalue weighted by atomic mass is 16.5. The van der Waals surface area contributed by atoms with E-state index in [0.29, 0.717) is 11.1 Å². The van der Waals surface area contributed by atoms with Gasteiger partial charge in [0.25, 0.3) is 0 Å². The van der Waals surface area contributed by atoms with Crippen LogP contribution in [0, 0.1) is 13.8 Å². The first-order chi connectivity index (χ1) is 18.2. The molecule has 4 aromatic carbocycles. The maximum absolute atomic E-state index is 13.4. The maximum atomic E-state index is 13.4. The highest BCUT2D eigenvalue weighted by Crippen LogP contribution is 2.55. The third-order valence-corrected chi connectivity index (χ3v) is 7.20. The molecule has 0 unspecified atom stereocenters. The molecule has 4 aromatic rings. The summed E-state index contributed by atoms with van der Waals surface area (Å²) >= 11 is 0. The minimum Gasteiger partial charge on any atom is -0.507 e. The lowest BCUT2D eigenvalue weighted by Crippen LogP contribution is -2.22. The van der Waals surface area contributed by atoms with Gasteiger partial charge >= 0.3 is 0 Å². The Morgan fingerprint density at radius 3 is 2.08 bits per heavy atom. The minimum atomic E-state index is -1.02. The van der Waals surface area contributed by atoms with Crippen LogP contribution in [0.25, 0.3) is 0 Å². The average molecular weight is 513 g/mol. The molecule has 1 aliphatic rings. The molecule has 0 spiro atoms. The molecule has 0 aromatic heterocycles. The van der Waals surface area contributed by atoms with Crippen LogP contribution in [0.4, 0.5) is 0 Å². The van der Waals surface area contributed by atoms with E-state index in [-0.39, 0.29) is 63.2 Å². The molecule has 194 valence electrons. The number of phenols is 4. The number of methoxy groups -OCH3 is 1. The molecule has 1 heterocycles. The first-order valence-electron chi connectivity index (χ1n) is 12.2. The largest absolute Gasteiger partial charge is 0.507 e. The van der Waals surface area contributed by atoms with Gasteiger partial charge in [-0.1, -0.05) is 60.7 Å². The monoisotopic (exact) mass is 512 g/mol. The lowest BCUT2D eigenvalue weighted by atomic mass is 9.79. The summed E-state index contributed by atoms with van der Waals surface area (Å²) in [4.78, 5) is 13.4. The molecule has 5 rings (SSSR count). The van der Waals surface area contributed by atoms with Crippen LogP contribution in [0.1, 0.15) is 62.2 Å². The van der Waals surface area contributed by atoms with E-state index in [9.17, 15) is 25.2 Å². The first kappa shape index (κ1) is 25.0. The van der Waals surface area contributed by atoms with E-state index in [2.05, 4.69) is 0 Å². The third-order valence-electron chi connectivity index (χ3n) is 7.20. The Balaban J connectivity index is 1.76. The normalized spacial score (nSPS) is 15.4. The smallest absolute Gasteiger partial charge is 0.174 e. The number of Topliss-reactive ketones (excluding diaryl/α,β-unsaturated/α-hetero) is 1. The zero-order valence-corrected chi connectivity index (χ0v) is 21.2. The molecule has 0 fully saturated rings. The zero-order valence-electron chi connectivity index (χ0n) is 21.2. The summed E-state index contributed by atoms with van der Waals surface area (Å²) in [5.74, 6) is -2.28. The van der Waals surface area contributed by atoms with Crippen molar-refractivity contribution < 1.29 is 34.7 Å². The Labute approximate surface area is 220 Å². The van der Waals surface area contributed by atoms with Gasteiger partial charge in [0.1, 0.15) is 46.2 Å². The van der Waals surface area contributed by atoms with E-state index in [0.717, 1.165) is 5.56 Å². The molecule has 0 bridgehead atoms. The number of hydrogen-bond acceptors (Lipinski definition) is 7. The van der Waals surface area contributed by atoms with Crippen molar-refractivity contribution in [1.29, 1.82) is 0 Å². The van der Waals surface area contributed by atoms with Crippen LogP contribution in [-0.2, 0) is 0 Å². The lowest BCUT2D eigenvalue weighted by molar-refractivity contribution is 0.0842. The van der Waals surface area contributed by atoms with E-state index in [1.165, 1.54) is 13.2 Å². The fraction of sp³-hybridized carbons (Fsp3) is 0.194. The minimum absolute atomic E-state index is 0.00236. The molecule has 2 atom stereocenters. The molecular formula is C31H28O7. The molecule has 4 N–H and O–H groups in total. The van der Waals surface area contributed by atoms with Crippen LogP contribution in [0.15, 0.2) is 66.7 Å². The van der Waals surface area contributed by atoms with E-state index in [1.807, 2.05) is 30.3 Å². The molecular weight excluding hydrogens is 484 g/mol. The topological polar surface area (TPSA) is 116 Å². The first-order valence-corrected chi connectivity index (χ1v) is 12.2. The fourth-order valence-corrected chi connectivity index (χ4v) is 5.21. The van der Waals surface area contributed by atoms with Crippen molar-refractivity contribution >= 4 is 5.78 Å². The summed E-state index contributed by atoms with van der Waals surface area (Å²) in [5, 5.41) is 45.3. The number of ketones is 1. The van der Waals surface area contributed by atoms with Crippen LogP contribution in [-0.4, -0.2) is 33.3 Å². The van der Waals surface area contributed by atoms with Gasteiger partial charge in [-0.15, -0.1) is 0 Å². The van der Waals surface area contributed by atoms with Crippen molar-refractivity contribution in [3.05, 3.63) is 106 Å². The Kier molecular flexibility index (Phi) is 6.36. The number of rotatable bonds is 5. The quantitative estimate of drug-likeness (QED) is 0.242. The van der Waals surface area contributed by atoms with Crippen molar-refractivity contribution in [3.63, 3.8) is 0 Å². The Morgan fingerprint density at radius 1 is 0.842 bits per heavy atom. The van der Waals surface area contributed by atoms with Crippen LogP contribution in [0.5, 0.6) is 34.5 Å². The molecule has 38 heavy (non-hydrogen) atoms. The van der Waals surface area contributed by atoms with Gasteiger partial charge < -0.3 is 29.9 Å². The van der Waals surface area contributed by atoms with E-state index in [4.69, 9.17) is 9.47 Å². The summed E-state index contributed by atoms with van der Waals surface area (Å²) < 4.78 is 11.4. The number of benzene rings is 4. The molecule has 0 saturated carbocycles.